The molecule has 0 spiro atoms. The van der Waals surface area contributed by atoms with E-state index in [9.17, 15) is 4.79 Å². The second kappa shape index (κ2) is 9.09. The Kier molecular flexibility index (Phi) is 7.25. The Morgan fingerprint density at radius 3 is 3.16 bits per heavy atom. The lowest BCUT2D eigenvalue weighted by molar-refractivity contribution is 0.0939. The number of nitrogens with zero attached hydrogens (tertiary/aromatic N) is 1. The fraction of sp³-hybridized carbons (Fsp3) is 0.429. The number of hydrogen-bond donors (Lipinski definition) is 2. The molecule has 102 valence electrons. The van der Waals surface area contributed by atoms with E-state index in [1.807, 2.05) is 6.92 Å². The zero-order chi connectivity index (χ0) is 13.9. The molecular formula is C14H18N2O3. The van der Waals surface area contributed by atoms with Crippen molar-refractivity contribution in [1.82, 2.24) is 10.3 Å². The lowest BCUT2D eigenvalue weighted by atomic mass is 10.2. The van der Waals surface area contributed by atoms with Crippen LogP contribution in [-0.4, -0.2) is 42.4 Å². The number of hydrogen-bond acceptors (Lipinski definition) is 4. The largest absolute Gasteiger partial charge is 0.384 e. The van der Waals surface area contributed by atoms with Crippen molar-refractivity contribution < 1.29 is 14.6 Å². The quantitative estimate of drug-likeness (QED) is 0.581. The zero-order valence-corrected chi connectivity index (χ0v) is 11.0. The summed E-state index contributed by atoms with van der Waals surface area (Å²) >= 11 is 0. The highest BCUT2D eigenvalue weighted by Crippen LogP contribution is 2.03. The molecule has 19 heavy (non-hydrogen) atoms. The van der Waals surface area contributed by atoms with Crippen molar-refractivity contribution in [1.29, 1.82) is 0 Å². The minimum absolute atomic E-state index is 0.246. The van der Waals surface area contributed by atoms with Crippen molar-refractivity contribution in [2.24, 2.45) is 0 Å². The summed E-state index contributed by atoms with van der Waals surface area (Å²) in [6, 6.07) is 3.40. The maximum absolute atomic E-state index is 11.9. The van der Waals surface area contributed by atoms with Gasteiger partial charge < -0.3 is 15.2 Å². The highest BCUT2D eigenvalue weighted by atomic mass is 16.5. The molecule has 0 aliphatic heterocycles. The minimum Gasteiger partial charge on any atom is -0.384 e. The van der Waals surface area contributed by atoms with Crippen molar-refractivity contribution in [2.45, 2.75) is 13.3 Å². The summed E-state index contributed by atoms with van der Waals surface area (Å²) in [4.78, 5) is 15.9. The van der Waals surface area contributed by atoms with Crippen molar-refractivity contribution in [3.05, 3.63) is 29.6 Å². The molecule has 1 heterocycles. The first-order chi connectivity index (χ1) is 9.29. The molecule has 2 N–H and O–H groups in total. The average Bonchev–Trinajstić information content (AvgIpc) is 2.45. The Labute approximate surface area is 113 Å². The molecule has 5 nitrogen and oxygen atoms in total. The third-order valence-electron chi connectivity index (χ3n) is 2.28. The number of rotatable bonds is 6. The van der Waals surface area contributed by atoms with Gasteiger partial charge in [-0.15, -0.1) is 0 Å². The molecule has 0 unspecified atom stereocenters. The highest BCUT2D eigenvalue weighted by molar-refractivity contribution is 5.94. The second-order valence-electron chi connectivity index (χ2n) is 3.67. The van der Waals surface area contributed by atoms with Gasteiger partial charge in [0.25, 0.3) is 5.91 Å². The van der Waals surface area contributed by atoms with Gasteiger partial charge in [-0.1, -0.05) is 11.8 Å². The second-order valence-corrected chi connectivity index (χ2v) is 3.67. The summed E-state index contributed by atoms with van der Waals surface area (Å²) < 4.78 is 5.18. The normalized spacial score (nSPS) is 9.58. The van der Waals surface area contributed by atoms with Crippen LogP contribution in [0.2, 0.25) is 0 Å². The molecule has 0 saturated carbocycles. The van der Waals surface area contributed by atoms with E-state index in [4.69, 9.17) is 9.84 Å². The lowest BCUT2D eigenvalue weighted by Crippen LogP contribution is -2.27. The van der Waals surface area contributed by atoms with E-state index in [2.05, 4.69) is 22.1 Å². The molecule has 5 heteroatoms. The van der Waals surface area contributed by atoms with Gasteiger partial charge in [0.1, 0.15) is 12.3 Å². The van der Waals surface area contributed by atoms with E-state index in [0.29, 0.717) is 25.3 Å². The first-order valence-corrected chi connectivity index (χ1v) is 6.20. The average molecular weight is 262 g/mol. The first kappa shape index (κ1) is 15.2. The molecule has 0 saturated heterocycles. The van der Waals surface area contributed by atoms with Gasteiger partial charge in [-0.3, -0.25) is 4.79 Å². The molecule has 1 amide bonds. The zero-order valence-electron chi connectivity index (χ0n) is 11.0. The Morgan fingerprint density at radius 1 is 1.58 bits per heavy atom. The number of aliphatic hydroxyl groups is 1. The summed E-state index contributed by atoms with van der Waals surface area (Å²) in [5.41, 5.74) is 0.790. The SMILES string of the molecule is CCOCCCNC(=O)c1ncccc1C#CCO. The maximum Gasteiger partial charge on any atom is 0.271 e. The van der Waals surface area contributed by atoms with Crippen LogP contribution in [0.5, 0.6) is 0 Å². The molecule has 0 aliphatic rings. The van der Waals surface area contributed by atoms with Crippen LogP contribution in [-0.2, 0) is 4.74 Å². The molecule has 1 aromatic rings. The Bertz CT molecular complexity index is 463. The summed E-state index contributed by atoms with van der Waals surface area (Å²) in [7, 11) is 0. The minimum atomic E-state index is -0.265. The lowest BCUT2D eigenvalue weighted by Gasteiger charge is -2.06. The van der Waals surface area contributed by atoms with Gasteiger partial charge in [0.05, 0.1) is 5.56 Å². The Balaban J connectivity index is 2.56. The number of pyridine rings is 1. The van der Waals surface area contributed by atoms with Crippen LogP contribution >= 0.6 is 0 Å². The van der Waals surface area contributed by atoms with E-state index in [1.165, 1.54) is 0 Å². The van der Waals surface area contributed by atoms with Gasteiger partial charge >= 0.3 is 0 Å². The summed E-state index contributed by atoms with van der Waals surface area (Å²) in [6.07, 6.45) is 2.29. The van der Waals surface area contributed by atoms with Crippen LogP contribution in [0.15, 0.2) is 18.3 Å². The van der Waals surface area contributed by atoms with Crippen LogP contribution in [0.3, 0.4) is 0 Å². The smallest absolute Gasteiger partial charge is 0.271 e. The summed E-state index contributed by atoms with van der Waals surface area (Å²) in [5, 5.41) is 11.4. The Hall–Kier alpha value is -1.90. The fourth-order valence-corrected chi connectivity index (χ4v) is 1.43. The van der Waals surface area contributed by atoms with Gasteiger partial charge in [0.2, 0.25) is 0 Å². The number of aliphatic hydroxyl groups excluding tert-OH is 1. The number of amides is 1. The third kappa shape index (κ3) is 5.51. The summed E-state index contributed by atoms with van der Waals surface area (Å²) in [6.45, 7) is 3.51. The van der Waals surface area contributed by atoms with Crippen molar-refractivity contribution >= 4 is 5.91 Å². The number of nitrogens with one attached hydrogen (secondary N) is 1. The maximum atomic E-state index is 11.9. The number of carbonyl (C=O) groups excluding carboxylic acids is 1. The van der Waals surface area contributed by atoms with Gasteiger partial charge in [-0.25, -0.2) is 4.98 Å². The molecule has 0 bridgehead atoms. The van der Waals surface area contributed by atoms with Crippen molar-refractivity contribution in [3.63, 3.8) is 0 Å². The van der Waals surface area contributed by atoms with Crippen LogP contribution in [0, 0.1) is 11.8 Å². The fourth-order valence-electron chi connectivity index (χ4n) is 1.43. The number of aromatic nitrogens is 1. The van der Waals surface area contributed by atoms with Gasteiger partial charge in [-0.05, 0) is 25.5 Å². The first-order valence-electron chi connectivity index (χ1n) is 6.20. The topological polar surface area (TPSA) is 71.5 Å². The van der Waals surface area contributed by atoms with Gasteiger partial charge in [-0.2, -0.15) is 0 Å². The van der Waals surface area contributed by atoms with E-state index in [0.717, 1.165) is 6.42 Å². The van der Waals surface area contributed by atoms with E-state index < -0.39 is 0 Å². The Morgan fingerprint density at radius 2 is 2.42 bits per heavy atom. The molecule has 0 aliphatic carbocycles. The molecule has 1 aromatic heterocycles. The third-order valence-corrected chi connectivity index (χ3v) is 2.28. The molecule has 1 rings (SSSR count). The van der Waals surface area contributed by atoms with Crippen LogP contribution in [0.25, 0.3) is 0 Å². The monoisotopic (exact) mass is 262 g/mol. The van der Waals surface area contributed by atoms with Crippen molar-refractivity contribution in [3.8, 4) is 11.8 Å². The van der Waals surface area contributed by atoms with Crippen molar-refractivity contribution in [2.75, 3.05) is 26.4 Å². The van der Waals surface area contributed by atoms with Gasteiger partial charge in [0, 0.05) is 26.0 Å². The van der Waals surface area contributed by atoms with E-state index in [-0.39, 0.29) is 18.2 Å². The predicted molar refractivity (Wildman–Crippen MR) is 71.6 cm³/mol. The molecule has 0 aromatic carbocycles. The predicted octanol–water partition coefficient (Wildman–Crippen LogP) is 0.582. The molecule has 0 fully saturated rings. The number of carbonyl (C=O) groups is 1. The molecule has 0 atom stereocenters. The molecular weight excluding hydrogens is 244 g/mol. The standard InChI is InChI=1S/C14H18N2O3/c1-2-19-11-5-9-16-14(18)13-12(7-4-10-17)6-3-8-15-13/h3,6,8,17H,2,5,9-11H2,1H3,(H,16,18). The van der Waals surface area contributed by atoms with Crippen LogP contribution in [0.1, 0.15) is 29.4 Å². The van der Waals surface area contributed by atoms with E-state index >= 15 is 0 Å². The summed E-state index contributed by atoms with van der Waals surface area (Å²) in [5.74, 6) is 4.95. The van der Waals surface area contributed by atoms with Gasteiger partial charge in [0.15, 0.2) is 0 Å². The highest BCUT2D eigenvalue weighted by Gasteiger charge is 2.10. The number of ether oxygens (including phenoxy) is 1. The molecule has 0 radical (unpaired) electrons. The van der Waals surface area contributed by atoms with E-state index in [1.54, 1.807) is 18.3 Å². The van der Waals surface area contributed by atoms with Crippen LogP contribution < -0.4 is 5.32 Å². The van der Waals surface area contributed by atoms with Crippen LogP contribution in [0.4, 0.5) is 0 Å².